The lowest BCUT2D eigenvalue weighted by Crippen LogP contribution is -2.17. The second kappa shape index (κ2) is 4.92. The molecule has 0 unspecified atom stereocenters. The average Bonchev–Trinajstić information content (AvgIpc) is 3.35. The Morgan fingerprint density at radius 1 is 1.38 bits per heavy atom. The quantitative estimate of drug-likeness (QED) is 0.582. The third-order valence-electron chi connectivity index (χ3n) is 5.21. The molecule has 5 heteroatoms. The predicted octanol–water partition coefficient (Wildman–Crippen LogP) is 4.25. The Hall–Kier alpha value is -0.680. The zero-order chi connectivity index (χ0) is 14.6. The van der Waals surface area contributed by atoms with Crippen LogP contribution < -0.4 is 11.1 Å². The van der Waals surface area contributed by atoms with E-state index in [-0.39, 0.29) is 11.7 Å². The Balaban J connectivity index is 1.53. The molecule has 0 radical (unpaired) electrons. The molecule has 1 aromatic heterocycles. The molecule has 3 fully saturated rings. The smallest absolute Gasteiger partial charge is 0.178 e. The molecule has 1 aromatic rings. The van der Waals surface area contributed by atoms with Crippen LogP contribution in [0.25, 0.3) is 0 Å². The zero-order valence-electron chi connectivity index (χ0n) is 12.4. The van der Waals surface area contributed by atoms with Gasteiger partial charge >= 0.3 is 0 Å². The Labute approximate surface area is 134 Å². The summed E-state index contributed by atoms with van der Waals surface area (Å²) in [5, 5.41) is 4.75. The molecule has 0 bridgehead atoms. The van der Waals surface area contributed by atoms with Gasteiger partial charge in [-0.2, -0.15) is 0 Å². The maximum Gasteiger partial charge on any atom is 0.178 e. The van der Waals surface area contributed by atoms with Crippen molar-refractivity contribution >= 4 is 39.6 Å². The van der Waals surface area contributed by atoms with E-state index in [2.05, 4.69) is 5.32 Å². The third kappa shape index (κ3) is 2.48. The minimum Gasteiger partial charge on any atom is -0.396 e. The van der Waals surface area contributed by atoms with Crippen molar-refractivity contribution in [2.24, 2.45) is 17.3 Å². The van der Waals surface area contributed by atoms with Gasteiger partial charge in [-0.1, -0.05) is 0 Å². The first-order chi connectivity index (χ1) is 10.1. The molecule has 3 saturated carbocycles. The largest absolute Gasteiger partial charge is 0.396 e. The highest BCUT2D eigenvalue weighted by molar-refractivity contribution is 7.99. The first-order valence-electron chi connectivity index (χ1n) is 7.89. The van der Waals surface area contributed by atoms with Crippen LogP contribution in [0.3, 0.4) is 0 Å². The Morgan fingerprint density at radius 2 is 2.10 bits per heavy atom. The second-order valence-corrected chi connectivity index (χ2v) is 8.67. The van der Waals surface area contributed by atoms with Gasteiger partial charge in [-0.3, -0.25) is 4.79 Å². The Bertz CT molecular complexity index is 583. The molecule has 114 valence electrons. The standard InChI is InChI=1S/C16H22N2OS2/c1-20-14-11(17)13(12(19)9-2-3-9)21-15(14)18-8-16(6-7-16)10-4-5-10/h9-10,18H,2-8,17H2,1H3. The van der Waals surface area contributed by atoms with Gasteiger partial charge in [0, 0.05) is 12.5 Å². The van der Waals surface area contributed by atoms with E-state index in [0.29, 0.717) is 11.1 Å². The van der Waals surface area contributed by atoms with Crippen molar-refractivity contribution in [3.63, 3.8) is 0 Å². The molecule has 0 amide bonds. The number of hydrogen-bond acceptors (Lipinski definition) is 5. The van der Waals surface area contributed by atoms with Crippen molar-refractivity contribution in [3.8, 4) is 0 Å². The van der Waals surface area contributed by atoms with Crippen LogP contribution in [0, 0.1) is 17.3 Å². The van der Waals surface area contributed by atoms with Gasteiger partial charge in [0.2, 0.25) is 0 Å². The summed E-state index contributed by atoms with van der Waals surface area (Å²) in [4.78, 5) is 14.2. The summed E-state index contributed by atoms with van der Waals surface area (Å²) >= 11 is 3.24. The molecule has 4 rings (SSSR count). The summed E-state index contributed by atoms with van der Waals surface area (Å²) in [6, 6.07) is 0. The maximum absolute atomic E-state index is 12.3. The maximum atomic E-state index is 12.3. The molecule has 21 heavy (non-hydrogen) atoms. The number of thiophene rings is 1. The number of thioether (sulfide) groups is 1. The van der Waals surface area contributed by atoms with E-state index in [9.17, 15) is 4.79 Å². The van der Waals surface area contributed by atoms with Gasteiger partial charge in [-0.05, 0) is 56.1 Å². The number of rotatable bonds is 7. The molecule has 0 aromatic carbocycles. The SMILES string of the molecule is CSc1c(NCC2(C3CC3)CC2)sc(C(=O)C2CC2)c1N. The molecule has 0 spiro atoms. The van der Waals surface area contributed by atoms with Crippen molar-refractivity contribution in [2.75, 3.05) is 23.9 Å². The van der Waals surface area contributed by atoms with E-state index in [1.807, 2.05) is 6.26 Å². The van der Waals surface area contributed by atoms with Crippen LogP contribution in [0.2, 0.25) is 0 Å². The van der Waals surface area contributed by atoms with E-state index < -0.39 is 0 Å². The molecule has 3 aliphatic carbocycles. The fraction of sp³-hybridized carbons (Fsp3) is 0.688. The van der Waals surface area contributed by atoms with Crippen molar-refractivity contribution < 1.29 is 4.79 Å². The summed E-state index contributed by atoms with van der Waals surface area (Å²) in [7, 11) is 0. The highest BCUT2D eigenvalue weighted by atomic mass is 32.2. The molecule has 3 N–H and O–H groups in total. The van der Waals surface area contributed by atoms with E-state index in [1.54, 1.807) is 23.1 Å². The minimum absolute atomic E-state index is 0.245. The fourth-order valence-electron chi connectivity index (χ4n) is 3.30. The van der Waals surface area contributed by atoms with Gasteiger partial charge in [-0.25, -0.2) is 0 Å². The van der Waals surface area contributed by atoms with Gasteiger partial charge < -0.3 is 11.1 Å². The summed E-state index contributed by atoms with van der Waals surface area (Å²) in [6.45, 7) is 1.06. The Morgan fingerprint density at radius 3 is 2.62 bits per heavy atom. The van der Waals surface area contributed by atoms with Crippen molar-refractivity contribution in [1.29, 1.82) is 0 Å². The first-order valence-corrected chi connectivity index (χ1v) is 9.93. The van der Waals surface area contributed by atoms with Crippen molar-refractivity contribution in [3.05, 3.63) is 4.88 Å². The number of carbonyl (C=O) groups is 1. The molecule has 3 aliphatic rings. The molecule has 0 saturated heterocycles. The third-order valence-corrected chi connectivity index (χ3v) is 7.35. The monoisotopic (exact) mass is 322 g/mol. The predicted molar refractivity (Wildman–Crippen MR) is 90.4 cm³/mol. The van der Waals surface area contributed by atoms with Crippen LogP contribution in [0.15, 0.2) is 4.90 Å². The molecule has 1 heterocycles. The summed E-state index contributed by atoms with van der Waals surface area (Å²) < 4.78 is 0. The van der Waals surface area contributed by atoms with Crippen molar-refractivity contribution in [1.82, 2.24) is 0 Å². The number of ketones is 1. The molecule has 0 atom stereocenters. The van der Waals surface area contributed by atoms with Gasteiger partial charge in [-0.15, -0.1) is 23.1 Å². The Kier molecular flexibility index (Phi) is 3.26. The number of carbonyl (C=O) groups excluding carboxylic acids is 1. The lowest BCUT2D eigenvalue weighted by molar-refractivity contribution is 0.0972. The average molecular weight is 322 g/mol. The highest BCUT2D eigenvalue weighted by Gasteiger charge is 2.53. The summed E-state index contributed by atoms with van der Waals surface area (Å²) in [5.74, 6) is 1.46. The van der Waals surface area contributed by atoms with Crippen LogP contribution in [-0.4, -0.2) is 18.6 Å². The number of hydrogen-bond donors (Lipinski definition) is 2. The number of nitrogens with two attached hydrogens (primary N) is 1. The number of anilines is 2. The normalized spacial score (nSPS) is 23.1. The molecular formula is C16H22N2OS2. The highest BCUT2D eigenvalue weighted by Crippen LogP contribution is 2.61. The lowest BCUT2D eigenvalue weighted by Gasteiger charge is -2.15. The first kappa shape index (κ1) is 13.9. The topological polar surface area (TPSA) is 55.1 Å². The minimum atomic E-state index is 0.245. The van der Waals surface area contributed by atoms with Gasteiger partial charge in [0.15, 0.2) is 5.78 Å². The molecular weight excluding hydrogens is 300 g/mol. The van der Waals surface area contributed by atoms with Gasteiger partial charge in [0.05, 0.1) is 15.5 Å². The summed E-state index contributed by atoms with van der Waals surface area (Å²) in [5.41, 5.74) is 7.51. The van der Waals surface area contributed by atoms with Crippen LogP contribution in [-0.2, 0) is 0 Å². The lowest BCUT2D eigenvalue weighted by atomic mass is 10.0. The summed E-state index contributed by atoms with van der Waals surface area (Å²) in [6.07, 6.45) is 9.69. The van der Waals surface area contributed by atoms with Crippen LogP contribution in [0.4, 0.5) is 10.7 Å². The van der Waals surface area contributed by atoms with Gasteiger partial charge in [0.25, 0.3) is 0 Å². The molecule has 3 nitrogen and oxygen atoms in total. The van der Waals surface area contributed by atoms with Gasteiger partial charge in [0.1, 0.15) is 5.00 Å². The van der Waals surface area contributed by atoms with Crippen LogP contribution >= 0.6 is 23.1 Å². The van der Waals surface area contributed by atoms with Crippen LogP contribution in [0.1, 0.15) is 48.2 Å². The number of Topliss-reactive ketones (excluding diaryl/α,β-unsaturated/α-hetero) is 1. The van der Waals surface area contributed by atoms with Crippen LogP contribution in [0.5, 0.6) is 0 Å². The second-order valence-electron chi connectivity index (χ2n) is 6.84. The molecule has 0 aliphatic heterocycles. The van der Waals surface area contributed by atoms with E-state index in [4.69, 9.17) is 5.73 Å². The van der Waals surface area contributed by atoms with E-state index in [0.717, 1.165) is 40.1 Å². The zero-order valence-corrected chi connectivity index (χ0v) is 14.0. The van der Waals surface area contributed by atoms with E-state index >= 15 is 0 Å². The number of nitrogen functional groups attached to an aromatic ring is 1. The van der Waals surface area contributed by atoms with E-state index in [1.165, 1.54) is 25.7 Å². The fourth-order valence-corrected chi connectivity index (χ4v) is 5.35. The number of nitrogens with one attached hydrogen (secondary N) is 1. The van der Waals surface area contributed by atoms with Crippen molar-refractivity contribution in [2.45, 2.75) is 43.4 Å².